The van der Waals surface area contributed by atoms with Crippen molar-refractivity contribution >= 4 is 10.0 Å². The fraction of sp³-hybridized carbons (Fsp3) is 0.625. The minimum absolute atomic E-state index is 0.419. The van der Waals surface area contributed by atoms with Gasteiger partial charge >= 0.3 is 0 Å². The second-order valence-corrected chi connectivity index (χ2v) is 8.42. The maximum atomic E-state index is 12.4. The number of benzene rings is 1. The highest BCUT2D eigenvalue weighted by molar-refractivity contribution is 7.89. The van der Waals surface area contributed by atoms with Crippen molar-refractivity contribution in [2.24, 2.45) is 11.8 Å². The lowest BCUT2D eigenvalue weighted by Gasteiger charge is -2.41. The van der Waals surface area contributed by atoms with Crippen LogP contribution in [0.2, 0.25) is 0 Å². The Morgan fingerprint density at radius 1 is 1.05 bits per heavy atom. The lowest BCUT2D eigenvalue weighted by atomic mass is 9.85. The molecule has 3 rings (SSSR count). The van der Waals surface area contributed by atoms with E-state index in [-0.39, 0.29) is 0 Å². The first-order valence-corrected chi connectivity index (χ1v) is 9.23. The van der Waals surface area contributed by atoms with Crippen LogP contribution < -0.4 is 0 Å². The van der Waals surface area contributed by atoms with Crippen LogP contribution >= 0.6 is 0 Å². The quantitative estimate of drug-likeness (QED) is 0.854. The third-order valence-corrected chi connectivity index (χ3v) is 6.66. The zero-order valence-corrected chi connectivity index (χ0v) is 13.4. The Labute approximate surface area is 127 Å². The molecule has 2 heterocycles. The van der Waals surface area contributed by atoms with Gasteiger partial charge in [0.05, 0.1) is 4.90 Å². The van der Waals surface area contributed by atoms with Gasteiger partial charge in [0, 0.05) is 13.1 Å². The van der Waals surface area contributed by atoms with Crippen molar-refractivity contribution in [2.45, 2.75) is 24.2 Å². The number of hydrogen-bond donors (Lipinski definition) is 0. The lowest BCUT2D eigenvalue weighted by molar-refractivity contribution is 0.133. The van der Waals surface area contributed by atoms with E-state index < -0.39 is 10.0 Å². The van der Waals surface area contributed by atoms with E-state index in [9.17, 15) is 8.42 Å². The molecule has 0 N–H and O–H groups in total. The lowest BCUT2D eigenvalue weighted by Crippen LogP contribution is -2.50. The molecule has 5 heteroatoms. The molecule has 0 atom stereocenters. The van der Waals surface area contributed by atoms with Gasteiger partial charge in [-0.1, -0.05) is 18.2 Å². The third kappa shape index (κ3) is 3.30. The van der Waals surface area contributed by atoms with Crippen LogP contribution in [0.15, 0.2) is 35.2 Å². The van der Waals surface area contributed by atoms with Crippen LogP contribution in [0, 0.1) is 11.8 Å². The van der Waals surface area contributed by atoms with Crippen LogP contribution in [-0.2, 0) is 10.0 Å². The van der Waals surface area contributed by atoms with E-state index >= 15 is 0 Å². The van der Waals surface area contributed by atoms with Gasteiger partial charge in [-0.3, -0.25) is 0 Å². The molecule has 0 radical (unpaired) electrons. The topological polar surface area (TPSA) is 40.6 Å². The summed E-state index contributed by atoms with van der Waals surface area (Å²) in [5.74, 6) is 1.34. The van der Waals surface area contributed by atoms with Gasteiger partial charge in [-0.05, 0) is 63.4 Å². The Morgan fingerprint density at radius 2 is 1.67 bits per heavy atom. The molecule has 116 valence electrons. The zero-order valence-electron chi connectivity index (χ0n) is 12.6. The number of rotatable bonds is 4. The molecule has 4 nitrogen and oxygen atoms in total. The summed E-state index contributed by atoms with van der Waals surface area (Å²) in [5.41, 5.74) is 0. The first-order chi connectivity index (χ1) is 10.1. The Kier molecular flexibility index (Phi) is 4.33. The highest BCUT2D eigenvalue weighted by Crippen LogP contribution is 2.32. The highest BCUT2D eigenvalue weighted by Gasteiger charge is 2.37. The largest absolute Gasteiger partial charge is 0.306 e. The van der Waals surface area contributed by atoms with Crippen molar-refractivity contribution in [3.8, 4) is 0 Å². The predicted molar refractivity (Wildman–Crippen MR) is 83.5 cm³/mol. The molecule has 0 spiro atoms. The van der Waals surface area contributed by atoms with Crippen molar-refractivity contribution in [3.05, 3.63) is 30.3 Å². The molecule has 2 saturated heterocycles. The normalized spacial score (nSPS) is 23.1. The van der Waals surface area contributed by atoms with E-state index in [4.69, 9.17) is 0 Å². The second kappa shape index (κ2) is 6.07. The zero-order chi connectivity index (χ0) is 14.9. The fourth-order valence-electron chi connectivity index (χ4n) is 3.38. The average molecular weight is 308 g/mol. The van der Waals surface area contributed by atoms with Crippen LogP contribution in [-0.4, -0.2) is 50.8 Å². The van der Waals surface area contributed by atoms with Gasteiger partial charge in [-0.2, -0.15) is 4.31 Å². The molecule has 2 fully saturated rings. The Hall–Kier alpha value is -0.910. The molecule has 0 amide bonds. The van der Waals surface area contributed by atoms with Crippen molar-refractivity contribution in [2.75, 3.05) is 33.2 Å². The first kappa shape index (κ1) is 15.0. The average Bonchev–Trinajstić information content (AvgIpc) is 2.45. The summed E-state index contributed by atoms with van der Waals surface area (Å²) < 4.78 is 26.5. The van der Waals surface area contributed by atoms with Gasteiger partial charge in [0.2, 0.25) is 10.0 Å². The number of likely N-dealkylation sites (tertiary alicyclic amines) is 1. The molecule has 0 bridgehead atoms. The van der Waals surface area contributed by atoms with Crippen LogP contribution in [0.5, 0.6) is 0 Å². The monoisotopic (exact) mass is 308 g/mol. The van der Waals surface area contributed by atoms with Gasteiger partial charge < -0.3 is 4.90 Å². The van der Waals surface area contributed by atoms with E-state index in [0.717, 1.165) is 5.92 Å². The molecule has 1 aromatic carbocycles. The molecule has 2 aliphatic rings. The minimum atomic E-state index is -3.26. The van der Waals surface area contributed by atoms with Crippen LogP contribution in [0.3, 0.4) is 0 Å². The van der Waals surface area contributed by atoms with Crippen LogP contribution in [0.4, 0.5) is 0 Å². The van der Waals surface area contributed by atoms with E-state index in [1.54, 1.807) is 28.6 Å². The summed E-state index contributed by atoms with van der Waals surface area (Å²) in [6, 6.07) is 8.77. The summed E-state index contributed by atoms with van der Waals surface area (Å²) in [7, 11) is -1.09. The molecule has 2 aliphatic heterocycles. The Balaban J connectivity index is 1.52. The van der Waals surface area contributed by atoms with E-state index in [1.807, 2.05) is 6.07 Å². The SMILES string of the molecule is CN1CCC(CC2CN(S(=O)(=O)c3ccccc3)C2)CC1. The van der Waals surface area contributed by atoms with Crippen molar-refractivity contribution in [1.82, 2.24) is 9.21 Å². The van der Waals surface area contributed by atoms with Gasteiger partial charge in [0.15, 0.2) is 0 Å². The Morgan fingerprint density at radius 3 is 2.29 bits per heavy atom. The maximum Gasteiger partial charge on any atom is 0.243 e. The second-order valence-electron chi connectivity index (χ2n) is 6.48. The van der Waals surface area contributed by atoms with Crippen LogP contribution in [0.25, 0.3) is 0 Å². The Bertz CT molecular complexity index is 559. The van der Waals surface area contributed by atoms with E-state index in [1.165, 1.54) is 32.4 Å². The number of sulfonamides is 1. The van der Waals surface area contributed by atoms with Gasteiger partial charge in [-0.15, -0.1) is 0 Å². The minimum Gasteiger partial charge on any atom is -0.306 e. The standard InChI is InChI=1S/C16H24N2O2S/c1-17-9-7-14(8-10-17)11-15-12-18(13-15)21(19,20)16-5-3-2-4-6-16/h2-6,14-15H,7-13H2,1H3. The number of piperidine rings is 1. The smallest absolute Gasteiger partial charge is 0.243 e. The van der Waals surface area contributed by atoms with Crippen molar-refractivity contribution in [1.29, 1.82) is 0 Å². The summed E-state index contributed by atoms with van der Waals surface area (Å²) in [5, 5.41) is 0. The summed E-state index contributed by atoms with van der Waals surface area (Å²) in [6.45, 7) is 3.76. The van der Waals surface area contributed by atoms with Gasteiger partial charge in [0.25, 0.3) is 0 Å². The molecular formula is C16H24N2O2S. The van der Waals surface area contributed by atoms with Gasteiger partial charge in [0.1, 0.15) is 0 Å². The van der Waals surface area contributed by atoms with E-state index in [2.05, 4.69) is 11.9 Å². The highest BCUT2D eigenvalue weighted by atomic mass is 32.2. The summed E-state index contributed by atoms with van der Waals surface area (Å²) >= 11 is 0. The van der Waals surface area contributed by atoms with Gasteiger partial charge in [-0.25, -0.2) is 8.42 Å². The maximum absolute atomic E-state index is 12.4. The molecular weight excluding hydrogens is 284 g/mol. The predicted octanol–water partition coefficient (Wildman–Crippen LogP) is 2.04. The molecule has 0 unspecified atom stereocenters. The molecule has 0 aromatic heterocycles. The number of hydrogen-bond acceptors (Lipinski definition) is 3. The van der Waals surface area contributed by atoms with Crippen LogP contribution in [0.1, 0.15) is 19.3 Å². The fourth-order valence-corrected chi connectivity index (χ4v) is 4.99. The summed E-state index contributed by atoms with van der Waals surface area (Å²) in [6.07, 6.45) is 3.71. The molecule has 21 heavy (non-hydrogen) atoms. The van der Waals surface area contributed by atoms with E-state index in [0.29, 0.717) is 23.9 Å². The summed E-state index contributed by atoms with van der Waals surface area (Å²) in [4.78, 5) is 2.80. The number of nitrogens with zero attached hydrogens (tertiary/aromatic N) is 2. The first-order valence-electron chi connectivity index (χ1n) is 7.79. The third-order valence-electron chi connectivity index (χ3n) is 4.81. The van der Waals surface area contributed by atoms with Crippen molar-refractivity contribution < 1.29 is 8.42 Å². The van der Waals surface area contributed by atoms with Crippen molar-refractivity contribution in [3.63, 3.8) is 0 Å². The molecule has 1 aromatic rings. The molecule has 0 saturated carbocycles. The molecule has 0 aliphatic carbocycles.